The van der Waals surface area contributed by atoms with E-state index in [-0.39, 0.29) is 17.4 Å². The second kappa shape index (κ2) is 8.14. The third kappa shape index (κ3) is 5.95. The van der Waals surface area contributed by atoms with Gasteiger partial charge in [0.05, 0.1) is 6.04 Å². The molecule has 1 heterocycles. The molecule has 0 aromatic carbocycles. The lowest BCUT2D eigenvalue weighted by atomic mass is 9.86. The number of amides is 1. The number of nitrogens with zero attached hydrogens (tertiary/aromatic N) is 2. The van der Waals surface area contributed by atoms with Crippen molar-refractivity contribution in [2.45, 2.75) is 59.4 Å². The third-order valence-corrected chi connectivity index (χ3v) is 4.59. The van der Waals surface area contributed by atoms with Crippen molar-refractivity contribution in [1.82, 2.24) is 9.80 Å². The number of hydrogen-bond acceptors (Lipinski definition) is 3. The Labute approximate surface area is 131 Å². The van der Waals surface area contributed by atoms with Gasteiger partial charge in [-0.25, -0.2) is 0 Å². The number of piperidine rings is 1. The van der Waals surface area contributed by atoms with Crippen molar-refractivity contribution in [1.29, 1.82) is 0 Å². The van der Waals surface area contributed by atoms with Crippen molar-refractivity contribution in [2.24, 2.45) is 17.1 Å². The van der Waals surface area contributed by atoms with Gasteiger partial charge in [-0.1, -0.05) is 34.1 Å². The SMILES string of the molecule is CCCCN(C)CC1CCN(C(=O)[C@H](N)C(C)(C)C)CC1. The largest absolute Gasteiger partial charge is 0.341 e. The second-order valence-corrected chi connectivity index (χ2v) is 7.73. The van der Waals surface area contributed by atoms with Gasteiger partial charge in [0, 0.05) is 19.6 Å². The first kappa shape index (κ1) is 18.4. The number of hydrogen-bond donors (Lipinski definition) is 1. The maximum Gasteiger partial charge on any atom is 0.240 e. The van der Waals surface area contributed by atoms with E-state index in [2.05, 4.69) is 18.9 Å². The summed E-state index contributed by atoms with van der Waals surface area (Å²) in [6, 6.07) is -0.388. The number of rotatable bonds is 6. The summed E-state index contributed by atoms with van der Waals surface area (Å²) in [5.74, 6) is 0.849. The van der Waals surface area contributed by atoms with E-state index in [9.17, 15) is 4.79 Å². The number of unbranched alkanes of at least 4 members (excludes halogenated alkanes) is 1. The molecule has 1 aliphatic rings. The van der Waals surface area contributed by atoms with Gasteiger partial charge < -0.3 is 15.5 Å². The highest BCUT2D eigenvalue weighted by molar-refractivity contribution is 5.82. The zero-order chi connectivity index (χ0) is 16.0. The molecule has 0 aromatic rings. The highest BCUT2D eigenvalue weighted by atomic mass is 16.2. The molecule has 0 unspecified atom stereocenters. The molecule has 1 saturated heterocycles. The summed E-state index contributed by atoms with van der Waals surface area (Å²) in [4.78, 5) is 16.8. The van der Waals surface area contributed by atoms with Crippen LogP contribution in [0.2, 0.25) is 0 Å². The average Bonchev–Trinajstić information content (AvgIpc) is 2.43. The number of nitrogens with two attached hydrogens (primary N) is 1. The van der Waals surface area contributed by atoms with Crippen molar-refractivity contribution in [3.05, 3.63) is 0 Å². The Bertz CT molecular complexity index is 316. The van der Waals surface area contributed by atoms with Crippen molar-refractivity contribution in [2.75, 3.05) is 33.2 Å². The van der Waals surface area contributed by atoms with E-state index in [0.29, 0.717) is 0 Å². The predicted octanol–water partition coefficient (Wildman–Crippen LogP) is 2.33. The molecule has 124 valence electrons. The zero-order valence-corrected chi connectivity index (χ0v) is 14.7. The molecular formula is C17H35N3O. The van der Waals surface area contributed by atoms with Crippen LogP contribution in [-0.2, 0) is 4.79 Å². The van der Waals surface area contributed by atoms with Crippen LogP contribution in [0.25, 0.3) is 0 Å². The van der Waals surface area contributed by atoms with Gasteiger partial charge in [0.15, 0.2) is 0 Å². The molecule has 21 heavy (non-hydrogen) atoms. The Morgan fingerprint density at radius 1 is 1.33 bits per heavy atom. The molecule has 0 aromatic heterocycles. The van der Waals surface area contributed by atoms with E-state index >= 15 is 0 Å². The highest BCUT2D eigenvalue weighted by Gasteiger charge is 2.32. The summed E-state index contributed by atoms with van der Waals surface area (Å²) >= 11 is 0. The van der Waals surface area contributed by atoms with Gasteiger partial charge in [0.1, 0.15) is 0 Å². The fraction of sp³-hybridized carbons (Fsp3) is 0.941. The summed E-state index contributed by atoms with van der Waals surface area (Å²) < 4.78 is 0. The number of carbonyl (C=O) groups excluding carboxylic acids is 1. The Balaban J connectivity index is 2.36. The fourth-order valence-corrected chi connectivity index (χ4v) is 2.86. The summed E-state index contributed by atoms with van der Waals surface area (Å²) in [5.41, 5.74) is 5.94. The quantitative estimate of drug-likeness (QED) is 0.818. The molecule has 4 nitrogen and oxygen atoms in total. The Morgan fingerprint density at radius 2 is 1.90 bits per heavy atom. The van der Waals surface area contributed by atoms with Gasteiger partial charge in [-0.05, 0) is 44.2 Å². The first-order chi connectivity index (χ1) is 9.75. The minimum atomic E-state index is -0.388. The molecular weight excluding hydrogens is 262 g/mol. The minimum absolute atomic E-state index is 0.125. The molecule has 1 amide bonds. The smallest absolute Gasteiger partial charge is 0.240 e. The maximum absolute atomic E-state index is 12.4. The van der Waals surface area contributed by atoms with E-state index in [4.69, 9.17) is 5.73 Å². The van der Waals surface area contributed by atoms with Gasteiger partial charge in [-0.15, -0.1) is 0 Å². The van der Waals surface area contributed by atoms with Crippen molar-refractivity contribution < 1.29 is 4.79 Å². The van der Waals surface area contributed by atoms with Gasteiger partial charge in [-0.2, -0.15) is 0 Å². The molecule has 2 N–H and O–H groups in total. The highest BCUT2D eigenvalue weighted by Crippen LogP contribution is 2.23. The van der Waals surface area contributed by atoms with Gasteiger partial charge in [-0.3, -0.25) is 4.79 Å². The lowest BCUT2D eigenvalue weighted by Crippen LogP contribution is -2.52. The molecule has 1 aliphatic heterocycles. The Morgan fingerprint density at radius 3 is 2.38 bits per heavy atom. The van der Waals surface area contributed by atoms with Crippen LogP contribution in [0.15, 0.2) is 0 Å². The van der Waals surface area contributed by atoms with E-state index in [1.807, 2.05) is 25.7 Å². The topological polar surface area (TPSA) is 49.6 Å². The summed E-state index contributed by atoms with van der Waals surface area (Å²) in [7, 11) is 2.21. The molecule has 4 heteroatoms. The first-order valence-electron chi connectivity index (χ1n) is 8.48. The molecule has 0 bridgehead atoms. The normalized spacial score (nSPS) is 19.1. The van der Waals surface area contributed by atoms with Gasteiger partial charge >= 0.3 is 0 Å². The summed E-state index contributed by atoms with van der Waals surface area (Å²) in [6.07, 6.45) is 4.74. The molecule has 1 fully saturated rings. The molecule has 0 saturated carbocycles. The maximum atomic E-state index is 12.4. The van der Waals surface area contributed by atoms with Crippen LogP contribution >= 0.6 is 0 Å². The van der Waals surface area contributed by atoms with Crippen LogP contribution in [0, 0.1) is 11.3 Å². The van der Waals surface area contributed by atoms with Crippen LogP contribution in [0.1, 0.15) is 53.4 Å². The molecule has 0 aliphatic carbocycles. The predicted molar refractivity (Wildman–Crippen MR) is 89.1 cm³/mol. The van der Waals surface area contributed by atoms with Crippen LogP contribution in [0.3, 0.4) is 0 Å². The Hall–Kier alpha value is -0.610. The monoisotopic (exact) mass is 297 g/mol. The van der Waals surface area contributed by atoms with Crippen LogP contribution in [0.5, 0.6) is 0 Å². The summed E-state index contributed by atoms with van der Waals surface area (Å²) in [5, 5.41) is 0. The fourth-order valence-electron chi connectivity index (χ4n) is 2.86. The first-order valence-corrected chi connectivity index (χ1v) is 8.48. The summed E-state index contributed by atoms with van der Waals surface area (Å²) in [6.45, 7) is 12.4. The minimum Gasteiger partial charge on any atom is -0.341 e. The van der Waals surface area contributed by atoms with Crippen molar-refractivity contribution in [3.63, 3.8) is 0 Å². The number of likely N-dealkylation sites (tertiary alicyclic amines) is 1. The van der Waals surface area contributed by atoms with E-state index in [1.54, 1.807) is 0 Å². The standard InChI is InChI=1S/C17H35N3O/c1-6-7-10-19(5)13-14-8-11-20(12-9-14)16(21)15(18)17(2,3)4/h14-15H,6-13,18H2,1-5H3/t15-/m0/s1. The van der Waals surface area contributed by atoms with Crippen molar-refractivity contribution >= 4 is 5.91 Å². The van der Waals surface area contributed by atoms with E-state index < -0.39 is 0 Å². The van der Waals surface area contributed by atoms with Gasteiger partial charge in [0.25, 0.3) is 0 Å². The average molecular weight is 297 g/mol. The lowest BCUT2D eigenvalue weighted by molar-refractivity contribution is -0.136. The molecule has 1 atom stereocenters. The van der Waals surface area contributed by atoms with E-state index in [1.165, 1.54) is 19.4 Å². The zero-order valence-electron chi connectivity index (χ0n) is 14.7. The van der Waals surface area contributed by atoms with Crippen LogP contribution in [0.4, 0.5) is 0 Å². The number of carbonyl (C=O) groups is 1. The van der Waals surface area contributed by atoms with Crippen LogP contribution < -0.4 is 5.73 Å². The van der Waals surface area contributed by atoms with E-state index in [0.717, 1.165) is 38.4 Å². The van der Waals surface area contributed by atoms with Crippen LogP contribution in [-0.4, -0.2) is 55.0 Å². The molecule has 1 rings (SSSR count). The Kier molecular flexibility index (Phi) is 7.14. The van der Waals surface area contributed by atoms with Crippen molar-refractivity contribution in [3.8, 4) is 0 Å². The molecule has 0 radical (unpaired) electrons. The second-order valence-electron chi connectivity index (χ2n) is 7.73. The third-order valence-electron chi connectivity index (χ3n) is 4.59. The van der Waals surface area contributed by atoms with Gasteiger partial charge in [0.2, 0.25) is 5.91 Å². The molecule has 0 spiro atoms. The lowest BCUT2D eigenvalue weighted by Gasteiger charge is -2.37.